The molecule has 7 nitrogen and oxygen atoms in total. The van der Waals surface area contributed by atoms with Gasteiger partial charge >= 0.3 is 0 Å². The van der Waals surface area contributed by atoms with Crippen molar-refractivity contribution in [1.82, 2.24) is 25.6 Å². The van der Waals surface area contributed by atoms with Crippen molar-refractivity contribution in [2.75, 3.05) is 13.1 Å². The summed E-state index contributed by atoms with van der Waals surface area (Å²) in [7, 11) is 0. The minimum absolute atomic E-state index is 0.211. The highest BCUT2D eigenvalue weighted by atomic mass is 35.5. The van der Waals surface area contributed by atoms with Crippen molar-refractivity contribution in [1.29, 1.82) is 0 Å². The summed E-state index contributed by atoms with van der Waals surface area (Å²) in [6.45, 7) is 1.74. The van der Waals surface area contributed by atoms with Crippen LogP contribution in [-0.4, -0.2) is 44.9 Å². The maximum Gasteiger partial charge on any atom is 0.284 e. The van der Waals surface area contributed by atoms with Crippen LogP contribution < -0.4 is 5.43 Å². The van der Waals surface area contributed by atoms with Crippen LogP contribution in [0.5, 0.6) is 0 Å². The first-order valence-electron chi connectivity index (χ1n) is 9.80. The first-order valence-corrected chi connectivity index (χ1v) is 11.0. The number of piperidine rings is 1. The SMILES string of the molecule is O=C(NN1CCCCC1)c1ccc2c(n1)N=C(c1ccc(Cl)cc1)c1[nH]ncc1S2. The van der Waals surface area contributed by atoms with Crippen LogP contribution in [0.4, 0.5) is 5.82 Å². The quantitative estimate of drug-likeness (QED) is 0.500. The van der Waals surface area contributed by atoms with E-state index in [1.807, 2.05) is 35.3 Å². The van der Waals surface area contributed by atoms with Gasteiger partial charge in [0.1, 0.15) is 5.69 Å². The van der Waals surface area contributed by atoms with Crippen LogP contribution in [0.1, 0.15) is 41.0 Å². The fourth-order valence-corrected chi connectivity index (χ4v) is 4.58. The summed E-state index contributed by atoms with van der Waals surface area (Å²) in [4.78, 5) is 24.0. The van der Waals surface area contributed by atoms with Crippen LogP contribution in [0.15, 0.2) is 57.4 Å². The molecule has 0 unspecified atom stereocenters. The van der Waals surface area contributed by atoms with E-state index < -0.39 is 0 Å². The average Bonchev–Trinajstić information content (AvgIpc) is 3.16. The number of hydrazine groups is 1. The number of halogens is 1. The Morgan fingerprint density at radius 2 is 1.87 bits per heavy atom. The number of H-pyrrole nitrogens is 1. The summed E-state index contributed by atoms with van der Waals surface area (Å²) >= 11 is 7.58. The maximum atomic E-state index is 12.7. The summed E-state index contributed by atoms with van der Waals surface area (Å²) in [6.07, 6.45) is 5.17. The molecule has 2 aliphatic heterocycles. The molecule has 0 aliphatic carbocycles. The van der Waals surface area contributed by atoms with Gasteiger partial charge in [-0.25, -0.2) is 15.0 Å². The van der Waals surface area contributed by atoms with Gasteiger partial charge < -0.3 is 0 Å². The van der Waals surface area contributed by atoms with Crippen LogP contribution in [0, 0.1) is 0 Å². The number of aliphatic imine (C=N–C) groups is 1. The van der Waals surface area contributed by atoms with Crippen molar-refractivity contribution in [3.8, 4) is 0 Å². The minimum Gasteiger partial charge on any atom is -0.283 e. The normalized spacial score (nSPS) is 16.2. The number of hydrogen-bond acceptors (Lipinski definition) is 6. The lowest BCUT2D eigenvalue weighted by Crippen LogP contribution is -2.45. The van der Waals surface area contributed by atoms with Crippen molar-refractivity contribution in [2.24, 2.45) is 4.99 Å². The van der Waals surface area contributed by atoms with Crippen LogP contribution >= 0.6 is 23.4 Å². The van der Waals surface area contributed by atoms with Crippen molar-refractivity contribution in [3.05, 3.63) is 64.6 Å². The lowest BCUT2D eigenvalue weighted by Gasteiger charge is -2.26. The Morgan fingerprint density at radius 3 is 2.67 bits per heavy atom. The van der Waals surface area contributed by atoms with Crippen molar-refractivity contribution in [2.45, 2.75) is 29.1 Å². The predicted octanol–water partition coefficient (Wildman–Crippen LogP) is 4.22. The highest BCUT2D eigenvalue weighted by Gasteiger charge is 2.23. The number of nitrogens with zero attached hydrogens (tertiary/aromatic N) is 4. The smallest absolute Gasteiger partial charge is 0.283 e. The molecule has 2 aromatic heterocycles. The third-order valence-corrected chi connectivity index (χ3v) is 6.40. The van der Waals surface area contributed by atoms with E-state index in [9.17, 15) is 4.79 Å². The Hall–Kier alpha value is -2.68. The molecule has 5 rings (SSSR count). The largest absolute Gasteiger partial charge is 0.284 e. The van der Waals surface area contributed by atoms with Crippen LogP contribution in [0.25, 0.3) is 0 Å². The first-order chi connectivity index (χ1) is 14.7. The number of carbonyl (C=O) groups excluding carboxylic acids is 1. The van der Waals surface area contributed by atoms with Crippen LogP contribution in [0.3, 0.4) is 0 Å². The molecule has 30 heavy (non-hydrogen) atoms. The third-order valence-electron chi connectivity index (χ3n) is 5.08. The number of benzene rings is 1. The van der Waals surface area contributed by atoms with E-state index in [1.54, 1.807) is 12.3 Å². The third kappa shape index (κ3) is 3.86. The lowest BCUT2D eigenvalue weighted by atomic mass is 10.1. The van der Waals surface area contributed by atoms with Crippen molar-refractivity contribution in [3.63, 3.8) is 0 Å². The van der Waals surface area contributed by atoms with Gasteiger partial charge in [0, 0.05) is 23.7 Å². The molecular weight excluding hydrogens is 420 g/mol. The minimum atomic E-state index is -0.211. The Kier molecular flexibility index (Phi) is 5.28. The standard InChI is InChI=1S/C21H19ClN6OS/c22-14-6-4-13(5-7-14)18-19-17(12-23-26-19)30-16-9-8-15(24-20(16)25-18)21(29)27-28-10-2-1-3-11-28/h4-9,12H,1-3,10-11H2,(H,23,26)(H,27,29). The monoisotopic (exact) mass is 438 g/mol. The second kappa shape index (κ2) is 8.22. The second-order valence-electron chi connectivity index (χ2n) is 7.19. The molecule has 0 spiro atoms. The van der Waals surface area contributed by atoms with Gasteiger partial charge in [-0.1, -0.05) is 41.9 Å². The van der Waals surface area contributed by atoms with Crippen LogP contribution in [-0.2, 0) is 0 Å². The molecule has 0 bridgehead atoms. The number of nitrogens with one attached hydrogen (secondary N) is 2. The Bertz CT molecular complexity index is 1120. The van der Waals surface area contributed by atoms with E-state index in [-0.39, 0.29) is 5.91 Å². The molecule has 2 aliphatic rings. The second-order valence-corrected chi connectivity index (χ2v) is 8.71. The molecule has 1 amide bonds. The zero-order chi connectivity index (χ0) is 20.5. The number of amides is 1. The number of pyridine rings is 1. The molecule has 9 heteroatoms. The zero-order valence-corrected chi connectivity index (χ0v) is 17.6. The Balaban J connectivity index is 1.51. The molecule has 0 radical (unpaired) electrons. The van der Waals surface area contributed by atoms with Crippen LogP contribution in [0.2, 0.25) is 5.02 Å². The maximum absolute atomic E-state index is 12.7. The summed E-state index contributed by atoms with van der Waals surface area (Å²) in [5, 5.41) is 9.84. The van der Waals surface area contributed by atoms with Gasteiger partial charge in [-0.15, -0.1) is 0 Å². The fourth-order valence-electron chi connectivity index (χ4n) is 3.55. The van der Waals surface area contributed by atoms with E-state index in [0.717, 1.165) is 47.0 Å². The van der Waals surface area contributed by atoms with Gasteiger partial charge in [-0.05, 0) is 37.1 Å². The van der Waals surface area contributed by atoms with Crippen molar-refractivity contribution < 1.29 is 4.79 Å². The van der Waals surface area contributed by atoms with Gasteiger partial charge in [-0.2, -0.15) is 5.10 Å². The molecular formula is C21H19ClN6OS. The molecule has 3 aromatic rings. The summed E-state index contributed by atoms with van der Waals surface area (Å²) in [5.41, 5.74) is 5.74. The number of aromatic amines is 1. The Morgan fingerprint density at radius 1 is 1.07 bits per heavy atom. The van der Waals surface area contributed by atoms with E-state index >= 15 is 0 Å². The number of fused-ring (bicyclic) bond motifs is 2. The van der Waals surface area contributed by atoms with Crippen molar-refractivity contribution >= 4 is 40.8 Å². The molecule has 152 valence electrons. The number of aromatic nitrogens is 3. The van der Waals surface area contributed by atoms with E-state index in [4.69, 9.17) is 16.6 Å². The van der Waals surface area contributed by atoms with Gasteiger partial charge in [0.15, 0.2) is 5.82 Å². The van der Waals surface area contributed by atoms with Gasteiger partial charge in [-0.3, -0.25) is 15.3 Å². The molecule has 1 saturated heterocycles. The van der Waals surface area contributed by atoms with E-state index in [1.165, 1.54) is 18.2 Å². The summed E-state index contributed by atoms with van der Waals surface area (Å²) in [6, 6.07) is 11.1. The van der Waals surface area contributed by atoms with Gasteiger partial charge in [0.05, 0.1) is 27.4 Å². The number of rotatable bonds is 3. The predicted molar refractivity (Wildman–Crippen MR) is 117 cm³/mol. The summed E-state index contributed by atoms with van der Waals surface area (Å²) in [5.74, 6) is 0.304. The molecule has 4 heterocycles. The number of carbonyl (C=O) groups is 1. The fraction of sp³-hybridized carbons (Fsp3) is 0.238. The Labute approximate surface area is 182 Å². The van der Waals surface area contributed by atoms with Gasteiger partial charge in [0.25, 0.3) is 5.91 Å². The average molecular weight is 439 g/mol. The topological polar surface area (TPSA) is 86.3 Å². The molecule has 0 saturated carbocycles. The van der Waals surface area contributed by atoms with E-state index in [0.29, 0.717) is 22.2 Å². The molecule has 0 atom stereocenters. The molecule has 2 N–H and O–H groups in total. The molecule has 1 fully saturated rings. The highest BCUT2D eigenvalue weighted by molar-refractivity contribution is 7.99. The zero-order valence-electron chi connectivity index (χ0n) is 16.1. The molecule has 1 aromatic carbocycles. The lowest BCUT2D eigenvalue weighted by molar-refractivity contribution is 0.0745. The van der Waals surface area contributed by atoms with E-state index in [2.05, 4.69) is 20.6 Å². The first kappa shape index (κ1) is 19.3. The van der Waals surface area contributed by atoms with Gasteiger partial charge in [0.2, 0.25) is 0 Å². The summed E-state index contributed by atoms with van der Waals surface area (Å²) < 4.78 is 0. The highest BCUT2D eigenvalue weighted by Crippen LogP contribution is 2.39. The number of hydrogen-bond donors (Lipinski definition) is 2.